The number of methoxy groups -OCH3 is 1. The molecule has 3 aromatic heterocycles. The number of hydrogen-bond donors (Lipinski definition) is 0. The van der Waals surface area contributed by atoms with E-state index in [1.807, 2.05) is 28.8 Å². The first-order valence-corrected chi connectivity index (χ1v) is 10.1. The van der Waals surface area contributed by atoms with Gasteiger partial charge in [0.25, 0.3) is 17.3 Å². The van der Waals surface area contributed by atoms with Crippen LogP contribution in [0.5, 0.6) is 0 Å². The summed E-state index contributed by atoms with van der Waals surface area (Å²) in [6, 6.07) is 12.9. The molecule has 3 heterocycles. The van der Waals surface area contributed by atoms with Gasteiger partial charge in [-0.3, -0.25) is 20.2 Å². The molecule has 0 unspecified atom stereocenters. The number of fused-ring (bicyclic) bond motifs is 3. The lowest BCUT2D eigenvalue weighted by atomic mass is 10.1. The summed E-state index contributed by atoms with van der Waals surface area (Å²) < 4.78 is 12.2. The van der Waals surface area contributed by atoms with E-state index in [0.29, 0.717) is 17.0 Å². The van der Waals surface area contributed by atoms with Gasteiger partial charge in [0, 0.05) is 41.6 Å². The van der Waals surface area contributed by atoms with Crippen molar-refractivity contribution in [3.8, 4) is 11.6 Å². The first-order chi connectivity index (χ1) is 16.5. The minimum Gasteiger partial charge on any atom is -0.377 e. The maximum atomic E-state index is 11.6. The second kappa shape index (κ2) is 8.33. The van der Waals surface area contributed by atoms with E-state index in [4.69, 9.17) is 9.26 Å². The molecular weight excluding hydrogens is 444 g/mol. The van der Waals surface area contributed by atoms with Crippen LogP contribution < -0.4 is 0 Å². The molecule has 170 valence electrons. The highest BCUT2D eigenvalue weighted by Crippen LogP contribution is 2.33. The molecule has 0 spiro atoms. The Bertz CT molecular complexity index is 1570. The average Bonchev–Trinajstić information content (AvgIpc) is 3.42. The highest BCUT2D eigenvalue weighted by Gasteiger charge is 2.21. The molecule has 0 radical (unpaired) electrons. The maximum Gasteiger partial charge on any atom is 0.276 e. The number of nitro benzene ring substituents is 2. The van der Waals surface area contributed by atoms with Crippen LogP contribution in [0.2, 0.25) is 0 Å². The van der Waals surface area contributed by atoms with Gasteiger partial charge in [0.15, 0.2) is 5.82 Å². The quantitative estimate of drug-likeness (QED) is 0.256. The zero-order valence-corrected chi connectivity index (χ0v) is 17.7. The number of nitro groups is 2. The Kier molecular flexibility index (Phi) is 5.18. The van der Waals surface area contributed by atoms with Crippen LogP contribution in [-0.2, 0) is 17.9 Å². The number of aromatic nitrogens is 4. The van der Waals surface area contributed by atoms with Gasteiger partial charge >= 0.3 is 0 Å². The molecule has 0 saturated carbocycles. The van der Waals surface area contributed by atoms with Gasteiger partial charge in [-0.25, -0.2) is 4.98 Å². The topological polar surface area (TPSA) is 152 Å². The number of ether oxygens (including phenoxy) is 1. The van der Waals surface area contributed by atoms with Gasteiger partial charge in [-0.15, -0.1) is 0 Å². The third kappa shape index (κ3) is 3.61. The van der Waals surface area contributed by atoms with E-state index in [-0.39, 0.29) is 36.0 Å². The molecule has 0 bridgehead atoms. The number of pyridine rings is 1. The number of rotatable bonds is 7. The molecule has 0 amide bonds. The molecule has 12 heteroatoms. The lowest BCUT2D eigenvalue weighted by Gasteiger charge is -2.08. The predicted molar refractivity (Wildman–Crippen MR) is 120 cm³/mol. The largest absolute Gasteiger partial charge is 0.377 e. The minimum absolute atomic E-state index is 0.0432. The van der Waals surface area contributed by atoms with Gasteiger partial charge in [0.2, 0.25) is 0 Å². The summed E-state index contributed by atoms with van der Waals surface area (Å²) in [5, 5.41) is 28.4. The number of non-ortho nitro benzene ring substituents is 1. The zero-order chi connectivity index (χ0) is 23.8. The number of nitrogens with zero attached hydrogens (tertiary/aromatic N) is 6. The van der Waals surface area contributed by atoms with Crippen molar-refractivity contribution in [1.82, 2.24) is 19.7 Å². The van der Waals surface area contributed by atoms with E-state index in [1.165, 1.54) is 13.2 Å². The lowest BCUT2D eigenvalue weighted by Crippen LogP contribution is -2.04. The van der Waals surface area contributed by atoms with Crippen molar-refractivity contribution in [2.24, 2.45) is 0 Å². The van der Waals surface area contributed by atoms with E-state index >= 15 is 0 Å². The van der Waals surface area contributed by atoms with Crippen LogP contribution in [0.1, 0.15) is 11.4 Å². The van der Waals surface area contributed by atoms with Crippen molar-refractivity contribution in [2.75, 3.05) is 7.11 Å². The molecule has 12 nitrogen and oxygen atoms in total. The standard InChI is InChI=1S/C22H16N6O6/c1-33-12-21-24-22(34-25-21)17-9-16-15-4-2-3-5-19(15)26(20(16)10-23-17)11-13-8-14(27(29)30)6-7-18(13)28(31)32/h2-10H,11-12H2,1H3. The van der Waals surface area contributed by atoms with Crippen LogP contribution in [0.25, 0.3) is 33.4 Å². The molecule has 0 aliphatic rings. The lowest BCUT2D eigenvalue weighted by molar-refractivity contribution is -0.389. The molecule has 0 aliphatic carbocycles. The molecule has 0 saturated heterocycles. The van der Waals surface area contributed by atoms with Crippen LogP contribution >= 0.6 is 0 Å². The summed E-state index contributed by atoms with van der Waals surface area (Å²) in [6.07, 6.45) is 1.62. The first-order valence-electron chi connectivity index (χ1n) is 10.1. The van der Waals surface area contributed by atoms with E-state index in [9.17, 15) is 20.2 Å². The van der Waals surface area contributed by atoms with E-state index in [1.54, 1.807) is 12.3 Å². The fourth-order valence-electron chi connectivity index (χ4n) is 3.94. The molecule has 5 aromatic rings. The average molecular weight is 460 g/mol. The van der Waals surface area contributed by atoms with E-state index < -0.39 is 9.85 Å². The van der Waals surface area contributed by atoms with Crippen molar-refractivity contribution in [3.05, 3.63) is 86.3 Å². The maximum absolute atomic E-state index is 11.6. The molecule has 2 aromatic carbocycles. The summed E-state index contributed by atoms with van der Waals surface area (Å²) in [6.45, 7) is 0.245. The second-order valence-electron chi connectivity index (χ2n) is 7.47. The SMILES string of the molecule is COCc1noc(-c2cc3c4ccccc4n(Cc4cc([N+](=O)[O-])ccc4[N+](=O)[O-])c3cn2)n1. The molecule has 0 atom stereocenters. The van der Waals surface area contributed by atoms with Gasteiger partial charge in [-0.05, 0) is 12.1 Å². The Labute approximate surface area is 190 Å². The molecule has 5 rings (SSSR count). The van der Waals surface area contributed by atoms with Gasteiger partial charge in [-0.2, -0.15) is 4.98 Å². The summed E-state index contributed by atoms with van der Waals surface area (Å²) in [5.74, 6) is 0.625. The highest BCUT2D eigenvalue weighted by atomic mass is 16.6. The third-order valence-corrected chi connectivity index (χ3v) is 5.42. The Hall–Kier alpha value is -4.71. The smallest absolute Gasteiger partial charge is 0.276 e. The van der Waals surface area contributed by atoms with Crippen molar-refractivity contribution in [1.29, 1.82) is 0 Å². The van der Waals surface area contributed by atoms with Gasteiger partial charge in [0.05, 0.1) is 33.7 Å². The number of hydrogen-bond acceptors (Lipinski definition) is 9. The number of para-hydroxylation sites is 1. The first kappa shape index (κ1) is 21.2. The Morgan fingerprint density at radius 3 is 2.62 bits per heavy atom. The van der Waals surface area contributed by atoms with Crippen LogP contribution in [0, 0.1) is 20.2 Å². The van der Waals surface area contributed by atoms with Crippen LogP contribution in [-0.4, -0.2) is 36.6 Å². The monoisotopic (exact) mass is 460 g/mol. The minimum atomic E-state index is -0.574. The van der Waals surface area contributed by atoms with Crippen molar-refractivity contribution in [2.45, 2.75) is 13.2 Å². The molecule has 0 aliphatic heterocycles. The van der Waals surface area contributed by atoms with Crippen LogP contribution in [0.3, 0.4) is 0 Å². The van der Waals surface area contributed by atoms with Crippen molar-refractivity contribution < 1.29 is 19.1 Å². The summed E-state index contributed by atoms with van der Waals surface area (Å²) in [5.41, 5.74) is 1.76. The second-order valence-corrected chi connectivity index (χ2v) is 7.47. The fourth-order valence-corrected chi connectivity index (χ4v) is 3.94. The third-order valence-electron chi connectivity index (χ3n) is 5.42. The highest BCUT2D eigenvalue weighted by molar-refractivity contribution is 6.08. The molecule has 0 N–H and O–H groups in total. The fraction of sp³-hybridized carbons (Fsp3) is 0.136. The van der Waals surface area contributed by atoms with Crippen LogP contribution in [0.4, 0.5) is 11.4 Å². The summed E-state index contributed by atoms with van der Waals surface area (Å²) >= 11 is 0. The molecule has 0 fully saturated rings. The Morgan fingerprint density at radius 1 is 1.03 bits per heavy atom. The van der Waals surface area contributed by atoms with E-state index in [2.05, 4.69) is 15.1 Å². The van der Waals surface area contributed by atoms with Gasteiger partial charge < -0.3 is 13.8 Å². The molecular formula is C22H16N6O6. The van der Waals surface area contributed by atoms with Gasteiger partial charge in [-0.1, -0.05) is 23.4 Å². The Balaban J connectivity index is 1.67. The number of benzene rings is 2. The van der Waals surface area contributed by atoms with Gasteiger partial charge in [0.1, 0.15) is 12.3 Å². The molecule has 34 heavy (non-hydrogen) atoms. The Morgan fingerprint density at radius 2 is 1.85 bits per heavy atom. The summed E-state index contributed by atoms with van der Waals surface area (Å²) in [4.78, 5) is 30.5. The van der Waals surface area contributed by atoms with Crippen molar-refractivity contribution >= 4 is 33.2 Å². The van der Waals surface area contributed by atoms with E-state index in [0.717, 1.165) is 28.4 Å². The zero-order valence-electron chi connectivity index (χ0n) is 17.7. The van der Waals surface area contributed by atoms with Crippen LogP contribution in [0.15, 0.2) is 59.3 Å². The normalized spacial score (nSPS) is 11.3. The predicted octanol–water partition coefficient (Wildman–Crippen LogP) is 4.25. The van der Waals surface area contributed by atoms with Crippen molar-refractivity contribution in [3.63, 3.8) is 0 Å². The summed E-state index contributed by atoms with van der Waals surface area (Å²) in [7, 11) is 1.53.